The van der Waals surface area contributed by atoms with Gasteiger partial charge in [-0.05, 0) is 42.7 Å². The number of hydrogen-bond acceptors (Lipinski definition) is 6. The highest BCUT2D eigenvalue weighted by molar-refractivity contribution is 6.08. The maximum atomic E-state index is 13.0. The molecule has 1 unspecified atom stereocenters. The number of anilines is 1. The number of halogens is 3. The first-order valence-electron chi connectivity index (χ1n) is 10.8. The van der Waals surface area contributed by atoms with E-state index in [1.807, 2.05) is 0 Å². The van der Waals surface area contributed by atoms with Crippen LogP contribution in [0.1, 0.15) is 30.4 Å². The molecule has 2 aromatic rings. The van der Waals surface area contributed by atoms with Crippen LogP contribution in [0.4, 0.5) is 18.9 Å². The first kappa shape index (κ1) is 28.3. The van der Waals surface area contributed by atoms with Crippen molar-refractivity contribution in [2.45, 2.75) is 38.0 Å². The van der Waals surface area contributed by atoms with Crippen molar-refractivity contribution < 1.29 is 32.7 Å². The zero-order valence-corrected chi connectivity index (χ0v) is 19.2. The fourth-order valence-electron chi connectivity index (χ4n) is 3.16. The average molecular weight is 509 g/mol. The molecule has 36 heavy (non-hydrogen) atoms. The summed E-state index contributed by atoms with van der Waals surface area (Å²) in [4.78, 5) is 37.4. The van der Waals surface area contributed by atoms with Crippen molar-refractivity contribution in [3.63, 3.8) is 0 Å². The van der Waals surface area contributed by atoms with Gasteiger partial charge in [-0.2, -0.15) is 13.2 Å². The zero-order chi connectivity index (χ0) is 26.9. The number of carbonyl (C=O) groups excluding carboxylic acids is 2. The Morgan fingerprint density at radius 3 is 2.17 bits per heavy atom. The Hall–Kier alpha value is -3.97. The van der Waals surface area contributed by atoms with Crippen molar-refractivity contribution in [3.8, 4) is 0 Å². The van der Waals surface area contributed by atoms with Gasteiger partial charge < -0.3 is 16.6 Å². The first-order chi connectivity index (χ1) is 16.9. The van der Waals surface area contributed by atoms with Gasteiger partial charge in [0.1, 0.15) is 12.5 Å². The summed E-state index contributed by atoms with van der Waals surface area (Å²) in [5.74, 6) is -3.30. The zero-order valence-electron chi connectivity index (χ0n) is 19.2. The molecule has 0 radical (unpaired) electrons. The third kappa shape index (κ3) is 8.36. The lowest BCUT2D eigenvalue weighted by atomic mass is 10.1. The Labute approximate surface area is 205 Å². The molecule has 0 saturated carbocycles. The predicted molar refractivity (Wildman–Crippen MR) is 125 cm³/mol. The SMILES string of the molecule is N=C(N)N(CCCC(N)C(=O)O)C(=O)CC(=O)N(NCc1ccc(C(F)(F)F)cc1)c1ccccc1. The van der Waals surface area contributed by atoms with Gasteiger partial charge in [0, 0.05) is 13.1 Å². The van der Waals surface area contributed by atoms with Crippen molar-refractivity contribution in [2.24, 2.45) is 11.5 Å². The molecule has 0 bridgehead atoms. The molecule has 2 aromatic carbocycles. The molecule has 10 nitrogen and oxygen atoms in total. The van der Waals surface area contributed by atoms with Gasteiger partial charge in [-0.1, -0.05) is 30.3 Å². The Bertz CT molecular complexity index is 1060. The van der Waals surface area contributed by atoms with E-state index < -0.39 is 47.9 Å². The van der Waals surface area contributed by atoms with Crippen molar-refractivity contribution in [3.05, 3.63) is 65.7 Å². The van der Waals surface area contributed by atoms with Crippen LogP contribution < -0.4 is 21.9 Å². The number of carboxylic acid groups (broad SMARTS) is 1. The number of nitrogens with two attached hydrogens (primary N) is 2. The summed E-state index contributed by atoms with van der Waals surface area (Å²) in [7, 11) is 0. The molecule has 2 rings (SSSR count). The highest BCUT2D eigenvalue weighted by atomic mass is 19.4. The Balaban J connectivity index is 2.10. The molecule has 0 aliphatic heterocycles. The molecule has 0 saturated heterocycles. The summed E-state index contributed by atoms with van der Waals surface area (Å²) >= 11 is 0. The second-order valence-corrected chi connectivity index (χ2v) is 7.79. The van der Waals surface area contributed by atoms with E-state index in [1.165, 1.54) is 12.1 Å². The van der Waals surface area contributed by atoms with Gasteiger partial charge in [0.2, 0.25) is 5.91 Å². The standard InChI is InChI=1S/C23H27F3N6O4/c24-23(25,26)16-10-8-15(9-11-16)14-30-32(17-5-2-1-3-6-17)20(34)13-19(33)31(22(28)29)12-4-7-18(27)21(35)36/h1-3,5-6,8-11,18,30H,4,7,12-14,27H2,(H3,28,29)(H,35,36). The van der Waals surface area contributed by atoms with Crippen molar-refractivity contribution >= 4 is 29.4 Å². The molecule has 0 aliphatic carbocycles. The number of benzene rings is 2. The normalized spacial score (nSPS) is 12.0. The van der Waals surface area contributed by atoms with Crippen LogP contribution in [-0.2, 0) is 27.1 Å². The monoisotopic (exact) mass is 508 g/mol. The summed E-state index contributed by atoms with van der Waals surface area (Å²) in [6.07, 6.45) is -4.98. The number of alkyl halides is 3. The van der Waals surface area contributed by atoms with E-state index in [2.05, 4.69) is 5.43 Å². The van der Waals surface area contributed by atoms with Crippen LogP contribution in [0.5, 0.6) is 0 Å². The maximum Gasteiger partial charge on any atom is 0.416 e. The third-order valence-electron chi connectivity index (χ3n) is 5.09. The summed E-state index contributed by atoms with van der Waals surface area (Å²) in [5, 5.41) is 17.6. The number of carboxylic acids is 1. The summed E-state index contributed by atoms with van der Waals surface area (Å²) in [6.45, 7) is -0.122. The topological polar surface area (TPSA) is 166 Å². The van der Waals surface area contributed by atoms with Gasteiger partial charge in [-0.25, -0.2) is 10.4 Å². The van der Waals surface area contributed by atoms with Gasteiger partial charge in [0.05, 0.1) is 11.3 Å². The molecule has 1 atom stereocenters. The maximum absolute atomic E-state index is 13.0. The smallest absolute Gasteiger partial charge is 0.416 e. The second kappa shape index (κ2) is 12.7. The number of hydrazine groups is 1. The van der Waals surface area contributed by atoms with Gasteiger partial charge in [0.15, 0.2) is 5.96 Å². The molecule has 194 valence electrons. The Morgan fingerprint density at radius 2 is 1.64 bits per heavy atom. The van der Waals surface area contributed by atoms with Crippen LogP contribution >= 0.6 is 0 Å². The van der Waals surface area contributed by atoms with Gasteiger partial charge >= 0.3 is 12.1 Å². The number of nitrogens with zero attached hydrogens (tertiary/aromatic N) is 2. The molecule has 7 N–H and O–H groups in total. The first-order valence-corrected chi connectivity index (χ1v) is 10.8. The summed E-state index contributed by atoms with van der Waals surface area (Å²) < 4.78 is 38.4. The van der Waals surface area contributed by atoms with Crippen LogP contribution in [0, 0.1) is 5.41 Å². The lowest BCUT2D eigenvalue weighted by Gasteiger charge is -2.26. The second-order valence-electron chi connectivity index (χ2n) is 7.79. The number of amides is 2. The quantitative estimate of drug-likeness (QED) is 0.134. The predicted octanol–water partition coefficient (Wildman–Crippen LogP) is 2.05. The number of nitrogens with one attached hydrogen (secondary N) is 2. The van der Waals surface area contributed by atoms with Crippen LogP contribution in [0.2, 0.25) is 0 Å². The average Bonchev–Trinajstić information content (AvgIpc) is 2.81. The van der Waals surface area contributed by atoms with E-state index in [-0.39, 0.29) is 25.9 Å². The minimum absolute atomic E-state index is 0.0174. The molecular formula is C23H27F3N6O4. The molecular weight excluding hydrogens is 481 g/mol. The van der Waals surface area contributed by atoms with Gasteiger partial charge in [-0.3, -0.25) is 24.7 Å². The Morgan fingerprint density at radius 1 is 1.03 bits per heavy atom. The minimum Gasteiger partial charge on any atom is -0.480 e. The number of carbonyl (C=O) groups is 3. The van der Waals surface area contributed by atoms with E-state index in [9.17, 15) is 27.6 Å². The van der Waals surface area contributed by atoms with Crippen LogP contribution in [0.3, 0.4) is 0 Å². The fourth-order valence-corrected chi connectivity index (χ4v) is 3.16. The van der Waals surface area contributed by atoms with Gasteiger partial charge in [0.25, 0.3) is 5.91 Å². The van der Waals surface area contributed by atoms with Crippen LogP contribution in [0.15, 0.2) is 54.6 Å². The van der Waals surface area contributed by atoms with E-state index in [1.54, 1.807) is 30.3 Å². The number of aliphatic carboxylic acids is 1. The molecule has 0 fully saturated rings. The largest absolute Gasteiger partial charge is 0.480 e. The number of guanidine groups is 1. The third-order valence-corrected chi connectivity index (χ3v) is 5.09. The van der Waals surface area contributed by atoms with Crippen molar-refractivity contribution in [1.82, 2.24) is 10.3 Å². The number of rotatable bonds is 11. The lowest BCUT2D eigenvalue weighted by Crippen LogP contribution is -2.48. The van der Waals surface area contributed by atoms with E-state index >= 15 is 0 Å². The van der Waals surface area contributed by atoms with Gasteiger partial charge in [-0.15, -0.1) is 0 Å². The lowest BCUT2D eigenvalue weighted by molar-refractivity contribution is -0.139. The molecule has 0 aromatic heterocycles. The van der Waals surface area contributed by atoms with E-state index in [4.69, 9.17) is 22.0 Å². The van der Waals surface area contributed by atoms with E-state index in [0.717, 1.165) is 22.0 Å². The van der Waals surface area contributed by atoms with Crippen LogP contribution in [0.25, 0.3) is 0 Å². The summed E-state index contributed by atoms with van der Waals surface area (Å²) in [5.41, 5.74) is 13.8. The Kier molecular flexibility index (Phi) is 9.93. The highest BCUT2D eigenvalue weighted by Crippen LogP contribution is 2.29. The highest BCUT2D eigenvalue weighted by Gasteiger charge is 2.30. The summed E-state index contributed by atoms with van der Waals surface area (Å²) in [6, 6.07) is 11.5. The number of hydrogen-bond donors (Lipinski definition) is 5. The molecule has 2 amide bonds. The van der Waals surface area contributed by atoms with Crippen LogP contribution in [-0.4, -0.2) is 46.3 Å². The minimum atomic E-state index is -4.47. The molecule has 0 heterocycles. The van der Waals surface area contributed by atoms with E-state index in [0.29, 0.717) is 11.3 Å². The molecule has 0 spiro atoms. The molecule has 0 aliphatic rings. The van der Waals surface area contributed by atoms with Crippen molar-refractivity contribution in [2.75, 3.05) is 11.6 Å². The number of para-hydroxylation sites is 1. The fraction of sp³-hybridized carbons (Fsp3) is 0.304. The van der Waals surface area contributed by atoms with Crippen molar-refractivity contribution in [1.29, 1.82) is 5.41 Å². The molecule has 13 heteroatoms.